The maximum Gasteiger partial charge on any atom is 0.258 e. The van der Waals surface area contributed by atoms with Crippen LogP contribution in [0.3, 0.4) is 0 Å². The summed E-state index contributed by atoms with van der Waals surface area (Å²) >= 11 is 0. The van der Waals surface area contributed by atoms with Crippen LogP contribution in [0.15, 0.2) is 67.3 Å². The smallest absolute Gasteiger partial charge is 0.258 e. The number of rotatable bonds is 7. The number of fused-ring (bicyclic) bond motifs is 2. The number of hydrogen-bond donors (Lipinski definition) is 2. The van der Waals surface area contributed by atoms with E-state index in [1.54, 1.807) is 41.8 Å². The number of nitrogens with one attached hydrogen (secondary N) is 2. The largest absolute Gasteiger partial charge is 0.491 e. The van der Waals surface area contributed by atoms with Crippen molar-refractivity contribution in [3.63, 3.8) is 0 Å². The minimum absolute atomic E-state index is 0.0484. The van der Waals surface area contributed by atoms with Gasteiger partial charge in [-0.05, 0) is 72.9 Å². The van der Waals surface area contributed by atoms with E-state index < -0.39 is 35.6 Å². The van der Waals surface area contributed by atoms with Gasteiger partial charge in [-0.25, -0.2) is 4.39 Å². The fourth-order valence-corrected chi connectivity index (χ4v) is 6.05. The lowest BCUT2D eigenvalue weighted by molar-refractivity contribution is -0.140. The number of halogens is 1. The third-order valence-corrected chi connectivity index (χ3v) is 8.83. The minimum Gasteiger partial charge on any atom is -0.491 e. The van der Waals surface area contributed by atoms with E-state index in [2.05, 4.69) is 20.6 Å². The van der Waals surface area contributed by atoms with Crippen LogP contribution in [-0.2, 0) is 32.1 Å². The molecule has 2 N–H and O–H groups in total. The molecule has 0 saturated carbocycles. The number of likely N-dealkylation sites (N-methyl/N-ethyl adjacent to an activating group) is 2. The lowest BCUT2D eigenvalue weighted by atomic mass is 10.1. The summed E-state index contributed by atoms with van der Waals surface area (Å²) < 4.78 is 20.6. The molecule has 14 heteroatoms. The van der Waals surface area contributed by atoms with Crippen LogP contribution in [-0.4, -0.2) is 106 Å². The lowest BCUT2D eigenvalue weighted by Gasteiger charge is -2.28. The molecule has 0 bridgehead atoms. The Hall–Kier alpha value is -5.40. The van der Waals surface area contributed by atoms with Crippen LogP contribution in [0.4, 0.5) is 4.39 Å². The number of aryl methyl sites for hydroxylation is 1. The molecule has 1 fully saturated rings. The summed E-state index contributed by atoms with van der Waals surface area (Å²) in [6, 6.07) is 8.75. The van der Waals surface area contributed by atoms with E-state index in [1.807, 2.05) is 12.1 Å². The Morgan fingerprint density at radius 3 is 2.37 bits per heavy atom. The molecule has 258 valence electrons. The van der Waals surface area contributed by atoms with Crippen LogP contribution in [0.1, 0.15) is 47.2 Å². The summed E-state index contributed by atoms with van der Waals surface area (Å²) in [5.41, 5.74) is 1.66. The van der Waals surface area contributed by atoms with Crippen molar-refractivity contribution >= 4 is 29.5 Å². The number of hydrogen-bond acceptors (Lipinski definition) is 8. The average Bonchev–Trinajstić information content (AvgIpc) is 3.51. The van der Waals surface area contributed by atoms with Crippen LogP contribution in [0, 0.1) is 5.82 Å². The second kappa shape index (κ2) is 16.1. The van der Waals surface area contributed by atoms with Gasteiger partial charge in [-0.1, -0.05) is 0 Å². The topological polar surface area (TPSA) is 154 Å². The highest BCUT2D eigenvalue weighted by atomic mass is 19.1. The summed E-state index contributed by atoms with van der Waals surface area (Å²) in [6.45, 7) is 0.0826. The predicted octanol–water partition coefficient (Wildman–Crippen LogP) is 1.72. The number of carbonyl (C=O) groups excluding carboxylic acids is 5. The van der Waals surface area contributed by atoms with Gasteiger partial charge in [0.05, 0.1) is 18.2 Å². The Bertz CT molecular complexity index is 1660. The molecule has 3 aromatic rings. The first-order chi connectivity index (χ1) is 23.6. The summed E-state index contributed by atoms with van der Waals surface area (Å²) in [5.74, 6) is -2.68. The molecule has 1 aromatic carbocycles. The summed E-state index contributed by atoms with van der Waals surface area (Å²) in [6.07, 6.45) is 7.49. The van der Waals surface area contributed by atoms with Gasteiger partial charge in [0.1, 0.15) is 24.2 Å². The number of aromatic nitrogens is 2. The van der Waals surface area contributed by atoms with Gasteiger partial charge in [-0.15, -0.1) is 0 Å². The zero-order valence-electron chi connectivity index (χ0n) is 27.5. The van der Waals surface area contributed by atoms with Crippen molar-refractivity contribution in [2.24, 2.45) is 0 Å². The monoisotopic (exact) mass is 673 g/mol. The molecule has 2 aliphatic heterocycles. The van der Waals surface area contributed by atoms with Crippen LogP contribution < -0.4 is 15.4 Å². The quantitative estimate of drug-likeness (QED) is 0.385. The third-order valence-electron chi connectivity index (χ3n) is 8.83. The van der Waals surface area contributed by atoms with E-state index in [0.717, 1.165) is 23.3 Å². The number of benzene rings is 1. The van der Waals surface area contributed by atoms with Crippen molar-refractivity contribution in [1.82, 2.24) is 35.3 Å². The van der Waals surface area contributed by atoms with Crippen LogP contribution in [0.5, 0.6) is 5.75 Å². The molecule has 0 unspecified atom stereocenters. The van der Waals surface area contributed by atoms with Crippen LogP contribution in [0.2, 0.25) is 0 Å². The van der Waals surface area contributed by atoms with E-state index in [1.165, 1.54) is 30.0 Å². The Balaban J connectivity index is 1.35. The molecule has 4 heterocycles. The van der Waals surface area contributed by atoms with E-state index in [-0.39, 0.29) is 74.7 Å². The van der Waals surface area contributed by atoms with Gasteiger partial charge in [-0.2, -0.15) is 0 Å². The predicted molar refractivity (Wildman–Crippen MR) is 175 cm³/mol. The highest BCUT2D eigenvalue weighted by Crippen LogP contribution is 2.26. The highest BCUT2D eigenvalue weighted by molar-refractivity contribution is 5.99. The Kier molecular flexibility index (Phi) is 11.5. The van der Waals surface area contributed by atoms with Gasteiger partial charge in [-0.3, -0.25) is 33.9 Å². The number of amides is 5. The second-order valence-electron chi connectivity index (χ2n) is 12.3. The maximum absolute atomic E-state index is 14.5. The normalized spacial score (nSPS) is 20.4. The average molecular weight is 674 g/mol. The zero-order valence-corrected chi connectivity index (χ0v) is 27.5. The van der Waals surface area contributed by atoms with Gasteiger partial charge in [0.25, 0.3) is 5.91 Å². The van der Waals surface area contributed by atoms with Crippen LogP contribution in [0.25, 0.3) is 0 Å². The van der Waals surface area contributed by atoms with Crippen molar-refractivity contribution in [3.05, 3.63) is 89.8 Å². The number of nitrogens with zero attached hydrogens (tertiary/aromatic N) is 5. The van der Waals surface area contributed by atoms with E-state index in [0.29, 0.717) is 12.8 Å². The van der Waals surface area contributed by atoms with Gasteiger partial charge < -0.3 is 30.1 Å². The summed E-state index contributed by atoms with van der Waals surface area (Å²) in [4.78, 5) is 79.0. The number of carbonyl (C=O) groups is 5. The molecule has 1 saturated heterocycles. The number of pyridine rings is 2. The zero-order chi connectivity index (χ0) is 34.9. The Morgan fingerprint density at radius 2 is 1.65 bits per heavy atom. The van der Waals surface area contributed by atoms with Gasteiger partial charge in [0.15, 0.2) is 0 Å². The van der Waals surface area contributed by atoms with Gasteiger partial charge in [0, 0.05) is 70.9 Å². The van der Waals surface area contributed by atoms with Crippen molar-refractivity contribution in [1.29, 1.82) is 0 Å². The lowest BCUT2D eigenvalue weighted by Crippen LogP contribution is -2.48. The number of ether oxygens (including phenoxy) is 1. The third kappa shape index (κ3) is 9.15. The van der Waals surface area contributed by atoms with Crippen molar-refractivity contribution in [2.45, 2.75) is 56.8 Å². The molecular weight excluding hydrogens is 633 g/mol. The molecular formula is C35H40FN7O6. The van der Waals surface area contributed by atoms with Gasteiger partial charge in [0.2, 0.25) is 23.6 Å². The van der Waals surface area contributed by atoms with Crippen LogP contribution >= 0.6 is 0 Å². The standard InChI is InChI=1S/C35H40FN7O6/c1-41-21-33(46)43-20-26(40-31(44)7-3-23-9-13-37-14-10-23)18-27(43)22-49-30-6-4-25(36)17-28(30)35(48)42(2)29(5-8-32(41)45)34(47)39-19-24-11-15-38-16-12-24/h4,6,9-17,26-27,29H,3,5,7-8,18-22H2,1-2H3,(H,39,47)(H,40,44)/t26-,27+,29+/m1/s1. The molecule has 0 aliphatic carbocycles. The molecule has 2 aromatic heterocycles. The fraction of sp³-hybridized carbons (Fsp3) is 0.400. The minimum atomic E-state index is -1.09. The maximum atomic E-state index is 14.5. The van der Waals surface area contributed by atoms with Crippen molar-refractivity contribution < 1.29 is 33.1 Å². The first-order valence-electron chi connectivity index (χ1n) is 16.2. The first kappa shape index (κ1) is 34.9. The molecule has 3 atom stereocenters. The SMILES string of the molecule is CN1CC(=O)N2C[C@H](NC(=O)CCc3ccncc3)C[C@H]2COc2ccc(F)cc2C(=O)N(C)[C@H](C(=O)NCc2ccncc2)CCC1=O. The molecule has 5 rings (SSSR count). The highest BCUT2D eigenvalue weighted by Gasteiger charge is 2.38. The Morgan fingerprint density at radius 1 is 0.959 bits per heavy atom. The van der Waals surface area contributed by atoms with Crippen molar-refractivity contribution in [3.8, 4) is 5.75 Å². The van der Waals surface area contributed by atoms with E-state index in [9.17, 15) is 28.4 Å². The van der Waals surface area contributed by atoms with E-state index in [4.69, 9.17) is 4.74 Å². The first-order valence-corrected chi connectivity index (χ1v) is 16.2. The van der Waals surface area contributed by atoms with Gasteiger partial charge >= 0.3 is 0 Å². The summed E-state index contributed by atoms with van der Waals surface area (Å²) in [7, 11) is 2.93. The Labute approximate surface area is 283 Å². The molecule has 49 heavy (non-hydrogen) atoms. The molecule has 13 nitrogen and oxygen atoms in total. The van der Waals surface area contributed by atoms with Crippen molar-refractivity contribution in [2.75, 3.05) is 33.8 Å². The molecule has 0 radical (unpaired) electrons. The molecule has 0 spiro atoms. The molecule has 5 amide bonds. The van der Waals surface area contributed by atoms with E-state index >= 15 is 0 Å². The fourth-order valence-electron chi connectivity index (χ4n) is 6.05. The summed E-state index contributed by atoms with van der Waals surface area (Å²) in [5, 5.41) is 5.82. The second-order valence-corrected chi connectivity index (χ2v) is 12.3. The molecule has 2 aliphatic rings.